The zero-order chi connectivity index (χ0) is 15.5. The maximum Gasteiger partial charge on any atom is 0.417 e. The quantitative estimate of drug-likeness (QED) is 0.797. The Labute approximate surface area is 120 Å². The van der Waals surface area contributed by atoms with Gasteiger partial charge < -0.3 is 4.74 Å². The van der Waals surface area contributed by atoms with Gasteiger partial charge in [-0.05, 0) is 16.7 Å². The van der Waals surface area contributed by atoms with Gasteiger partial charge in [-0.2, -0.15) is 13.2 Å². The molecule has 110 valence electrons. The van der Waals surface area contributed by atoms with Gasteiger partial charge >= 0.3 is 12.1 Å². The Kier molecular flexibility index (Phi) is 4.31. The Balaban J connectivity index is 2.61. The topological polar surface area (TPSA) is 26.3 Å². The van der Waals surface area contributed by atoms with E-state index < -0.39 is 24.1 Å². The molecule has 21 heavy (non-hydrogen) atoms. The number of hydrogen-bond acceptors (Lipinski definition) is 2. The second-order valence-electron chi connectivity index (χ2n) is 4.46. The van der Waals surface area contributed by atoms with Gasteiger partial charge in [0.05, 0.1) is 19.1 Å². The first-order chi connectivity index (χ1) is 9.93. The van der Waals surface area contributed by atoms with E-state index in [1.54, 1.807) is 30.3 Å². The van der Waals surface area contributed by atoms with Gasteiger partial charge in [-0.25, -0.2) is 0 Å². The molecule has 0 unspecified atom stereocenters. The van der Waals surface area contributed by atoms with Gasteiger partial charge in [0.1, 0.15) is 0 Å². The summed E-state index contributed by atoms with van der Waals surface area (Å²) in [6.07, 6.45) is -4.96. The van der Waals surface area contributed by atoms with E-state index in [0.717, 1.165) is 7.11 Å². The lowest BCUT2D eigenvalue weighted by atomic mass is 9.93. The Morgan fingerprint density at radius 2 is 1.71 bits per heavy atom. The summed E-state index contributed by atoms with van der Waals surface area (Å²) < 4.78 is 44.7. The van der Waals surface area contributed by atoms with Gasteiger partial charge in [-0.3, -0.25) is 4.79 Å². The Bertz CT molecular complexity index is 634. The molecule has 0 aliphatic carbocycles. The molecular weight excluding hydrogens is 281 g/mol. The zero-order valence-electron chi connectivity index (χ0n) is 11.3. The smallest absolute Gasteiger partial charge is 0.417 e. The highest BCUT2D eigenvalue weighted by molar-refractivity contribution is 5.76. The number of hydrogen-bond donors (Lipinski definition) is 0. The molecule has 0 aromatic heterocycles. The second-order valence-corrected chi connectivity index (χ2v) is 4.46. The minimum absolute atomic E-state index is 0.0597. The van der Waals surface area contributed by atoms with Crippen molar-refractivity contribution in [2.75, 3.05) is 7.11 Å². The minimum atomic E-state index is -4.55. The average Bonchev–Trinajstić information content (AvgIpc) is 2.46. The predicted molar refractivity (Wildman–Crippen MR) is 72.6 cm³/mol. The van der Waals surface area contributed by atoms with Crippen LogP contribution in [0.5, 0.6) is 0 Å². The van der Waals surface area contributed by atoms with E-state index in [-0.39, 0.29) is 11.1 Å². The van der Waals surface area contributed by atoms with Gasteiger partial charge in [0.25, 0.3) is 0 Å². The van der Waals surface area contributed by atoms with Gasteiger partial charge in [-0.15, -0.1) is 0 Å². The van der Waals surface area contributed by atoms with E-state index >= 15 is 0 Å². The van der Waals surface area contributed by atoms with E-state index in [4.69, 9.17) is 0 Å². The van der Waals surface area contributed by atoms with E-state index in [0.29, 0.717) is 5.56 Å². The molecule has 0 saturated carbocycles. The average molecular weight is 294 g/mol. The Morgan fingerprint density at radius 3 is 2.29 bits per heavy atom. The third-order valence-corrected chi connectivity index (χ3v) is 3.08. The fourth-order valence-corrected chi connectivity index (χ4v) is 2.17. The second kappa shape index (κ2) is 5.99. The molecule has 0 spiro atoms. The Hall–Kier alpha value is -2.30. The number of rotatable bonds is 3. The van der Waals surface area contributed by atoms with Crippen LogP contribution < -0.4 is 0 Å². The maximum atomic E-state index is 13.4. The number of benzene rings is 2. The molecule has 0 aliphatic heterocycles. The van der Waals surface area contributed by atoms with Crippen LogP contribution in [0.15, 0.2) is 48.5 Å². The summed E-state index contributed by atoms with van der Waals surface area (Å²) in [5.74, 6) is -0.703. The van der Waals surface area contributed by atoms with Gasteiger partial charge in [0.15, 0.2) is 0 Å². The Morgan fingerprint density at radius 1 is 1.05 bits per heavy atom. The molecule has 5 heteroatoms. The van der Waals surface area contributed by atoms with Crippen LogP contribution in [-0.2, 0) is 22.1 Å². The molecule has 0 radical (unpaired) electrons. The molecule has 2 rings (SSSR count). The standard InChI is InChI=1S/C16H13F3O2/c1-21-14(20)10-12-8-5-9-13(15(12)16(17,18)19)11-6-3-2-4-7-11/h2-9H,10H2,1H3. The molecule has 0 bridgehead atoms. The molecule has 0 fully saturated rings. The normalized spacial score (nSPS) is 11.2. The van der Waals surface area contributed by atoms with Crippen molar-refractivity contribution < 1.29 is 22.7 Å². The summed E-state index contributed by atoms with van der Waals surface area (Å²) in [6.45, 7) is 0. The first-order valence-corrected chi connectivity index (χ1v) is 6.25. The van der Waals surface area contributed by atoms with Crippen LogP contribution in [0.2, 0.25) is 0 Å². The molecule has 0 amide bonds. The van der Waals surface area contributed by atoms with Crippen molar-refractivity contribution in [1.82, 2.24) is 0 Å². The minimum Gasteiger partial charge on any atom is -0.469 e. The van der Waals surface area contributed by atoms with E-state index in [9.17, 15) is 18.0 Å². The fourth-order valence-electron chi connectivity index (χ4n) is 2.17. The molecule has 2 aromatic carbocycles. The van der Waals surface area contributed by atoms with Crippen molar-refractivity contribution in [3.8, 4) is 11.1 Å². The van der Waals surface area contributed by atoms with Crippen molar-refractivity contribution in [3.05, 3.63) is 59.7 Å². The van der Waals surface area contributed by atoms with Crippen molar-refractivity contribution in [2.24, 2.45) is 0 Å². The lowest BCUT2D eigenvalue weighted by Crippen LogP contribution is -2.15. The highest BCUT2D eigenvalue weighted by Gasteiger charge is 2.36. The zero-order valence-corrected chi connectivity index (χ0v) is 11.3. The highest BCUT2D eigenvalue weighted by atomic mass is 19.4. The monoisotopic (exact) mass is 294 g/mol. The number of ether oxygens (including phenoxy) is 1. The van der Waals surface area contributed by atoms with Crippen LogP contribution in [0.3, 0.4) is 0 Å². The van der Waals surface area contributed by atoms with Crippen LogP contribution >= 0.6 is 0 Å². The van der Waals surface area contributed by atoms with Crippen molar-refractivity contribution in [3.63, 3.8) is 0 Å². The van der Waals surface area contributed by atoms with Crippen LogP contribution in [0.25, 0.3) is 11.1 Å². The third-order valence-electron chi connectivity index (χ3n) is 3.08. The molecule has 0 saturated heterocycles. The number of carbonyl (C=O) groups excluding carboxylic acids is 1. The summed E-state index contributed by atoms with van der Waals surface area (Å²) in [5, 5.41) is 0. The molecule has 2 nitrogen and oxygen atoms in total. The van der Waals surface area contributed by atoms with Gasteiger partial charge in [0, 0.05) is 0 Å². The number of carbonyl (C=O) groups is 1. The number of alkyl halides is 3. The summed E-state index contributed by atoms with van der Waals surface area (Å²) in [5.41, 5.74) is -0.363. The third kappa shape index (κ3) is 3.42. The van der Waals surface area contributed by atoms with E-state index in [1.807, 2.05) is 0 Å². The lowest BCUT2D eigenvalue weighted by Gasteiger charge is -2.17. The summed E-state index contributed by atoms with van der Waals surface area (Å²) in [6, 6.07) is 12.5. The summed E-state index contributed by atoms with van der Waals surface area (Å²) in [4.78, 5) is 11.3. The highest BCUT2D eigenvalue weighted by Crippen LogP contribution is 2.39. The van der Waals surface area contributed by atoms with Gasteiger partial charge in [0.2, 0.25) is 0 Å². The van der Waals surface area contributed by atoms with E-state index in [2.05, 4.69) is 4.74 Å². The molecule has 2 aromatic rings. The maximum absolute atomic E-state index is 13.4. The summed E-state index contributed by atoms with van der Waals surface area (Å²) in [7, 11) is 1.15. The molecule has 0 atom stereocenters. The first kappa shape index (κ1) is 15.1. The number of esters is 1. The number of halogens is 3. The predicted octanol–water partition coefficient (Wildman–Crippen LogP) is 4.09. The van der Waals surface area contributed by atoms with Crippen molar-refractivity contribution >= 4 is 5.97 Å². The first-order valence-electron chi connectivity index (χ1n) is 6.25. The van der Waals surface area contributed by atoms with Crippen molar-refractivity contribution in [1.29, 1.82) is 0 Å². The number of methoxy groups -OCH3 is 1. The van der Waals surface area contributed by atoms with Crippen molar-refractivity contribution in [2.45, 2.75) is 12.6 Å². The molecule has 0 N–H and O–H groups in total. The summed E-state index contributed by atoms with van der Waals surface area (Å²) >= 11 is 0. The van der Waals surface area contributed by atoms with Crippen LogP contribution in [-0.4, -0.2) is 13.1 Å². The molecule has 0 aliphatic rings. The molecular formula is C16H13F3O2. The lowest BCUT2D eigenvalue weighted by molar-refractivity contribution is -0.141. The van der Waals surface area contributed by atoms with Gasteiger partial charge in [-0.1, -0.05) is 48.5 Å². The van der Waals surface area contributed by atoms with Crippen LogP contribution in [0, 0.1) is 0 Å². The SMILES string of the molecule is COC(=O)Cc1cccc(-c2ccccc2)c1C(F)(F)F. The van der Waals surface area contributed by atoms with Crippen LogP contribution in [0.4, 0.5) is 13.2 Å². The van der Waals surface area contributed by atoms with Crippen LogP contribution in [0.1, 0.15) is 11.1 Å². The fraction of sp³-hybridized carbons (Fsp3) is 0.188. The van der Waals surface area contributed by atoms with E-state index in [1.165, 1.54) is 18.2 Å². The largest absolute Gasteiger partial charge is 0.469 e. The molecule has 0 heterocycles.